The fraction of sp³-hybridized carbons (Fsp3) is 0.739. The van der Waals surface area contributed by atoms with Gasteiger partial charge < -0.3 is 27.2 Å². The van der Waals surface area contributed by atoms with Crippen molar-refractivity contribution in [3.8, 4) is 0 Å². The van der Waals surface area contributed by atoms with E-state index in [4.69, 9.17) is 4.74 Å². The van der Waals surface area contributed by atoms with Crippen LogP contribution in [0, 0.1) is 11.3 Å². The van der Waals surface area contributed by atoms with Gasteiger partial charge in [-0.25, -0.2) is 0 Å². The molecule has 1 heterocycles. The molecule has 0 aromatic heterocycles. The number of hydrogen-bond donors (Lipinski definition) is 1. The van der Waals surface area contributed by atoms with Crippen LogP contribution >= 0.6 is 0 Å². The third kappa shape index (κ3) is 7.81. The van der Waals surface area contributed by atoms with Gasteiger partial charge in [-0.05, 0) is 48.8 Å². The van der Waals surface area contributed by atoms with E-state index in [-0.39, 0.29) is 23.9 Å². The smallest absolute Gasteiger partial charge is 0.416 e. The minimum Gasteiger partial charge on any atom is -1.00 e. The van der Waals surface area contributed by atoms with E-state index in [1.165, 1.54) is 18.6 Å². The maximum Gasteiger partial charge on any atom is 0.416 e. The highest BCUT2D eigenvalue weighted by molar-refractivity contribution is 5.49. The van der Waals surface area contributed by atoms with Crippen molar-refractivity contribution >= 4 is 5.69 Å². The largest absolute Gasteiger partial charge is 1.00 e. The summed E-state index contributed by atoms with van der Waals surface area (Å²) < 4.78 is 44.9. The number of ether oxygens (including phenoxy) is 1. The average Bonchev–Trinajstić information content (AvgIpc) is 2.65. The van der Waals surface area contributed by atoms with Crippen molar-refractivity contribution in [3.63, 3.8) is 0 Å². The average molecular weight is 464 g/mol. The molecule has 8 heteroatoms. The molecule has 0 bridgehead atoms. The number of rotatable bonds is 6. The molecule has 1 aromatic carbocycles. The number of benzene rings is 1. The molecular formula is C23H35ClF3N2O2-. The van der Waals surface area contributed by atoms with Crippen LogP contribution in [-0.4, -0.2) is 61.5 Å². The third-order valence-corrected chi connectivity index (χ3v) is 6.25. The molecule has 1 aliphatic heterocycles. The van der Waals surface area contributed by atoms with E-state index in [1.54, 1.807) is 6.07 Å². The molecule has 3 atom stereocenters. The Bertz CT molecular complexity index is 694. The van der Waals surface area contributed by atoms with Gasteiger partial charge in [-0.2, -0.15) is 13.2 Å². The highest BCUT2D eigenvalue weighted by atomic mass is 35.5. The monoisotopic (exact) mass is 463 g/mol. The van der Waals surface area contributed by atoms with Gasteiger partial charge in [0.2, 0.25) is 0 Å². The molecule has 0 radical (unpaired) electrons. The summed E-state index contributed by atoms with van der Waals surface area (Å²) in [5.41, 5.74) is 0.269. The molecule has 1 N–H and O–H groups in total. The second-order valence-corrected chi connectivity index (χ2v) is 9.86. The zero-order valence-corrected chi connectivity index (χ0v) is 19.4. The Morgan fingerprint density at radius 1 is 1.16 bits per heavy atom. The zero-order chi connectivity index (χ0) is 21.9. The summed E-state index contributed by atoms with van der Waals surface area (Å²) >= 11 is 0. The van der Waals surface area contributed by atoms with E-state index in [2.05, 4.69) is 25.7 Å². The number of anilines is 1. The Kier molecular flexibility index (Phi) is 9.08. The molecule has 3 rings (SSSR count). The molecule has 1 aliphatic carbocycles. The number of β-amino-alcohol motifs (C(OH)–C–C–N with tert-alkyl or cyclic N) is 1. The first kappa shape index (κ1) is 26.2. The van der Waals surface area contributed by atoms with Crippen LogP contribution in [0.25, 0.3) is 0 Å². The van der Waals surface area contributed by atoms with Crippen molar-refractivity contribution in [2.75, 3.05) is 44.2 Å². The molecule has 2 aliphatic rings. The Hall–Kier alpha value is -1.02. The van der Waals surface area contributed by atoms with Gasteiger partial charge in [0.1, 0.15) is 0 Å². The van der Waals surface area contributed by atoms with Crippen LogP contribution in [0.15, 0.2) is 24.3 Å². The number of hydrogen-bond acceptors (Lipinski definition) is 4. The molecular weight excluding hydrogens is 429 g/mol. The first-order chi connectivity index (χ1) is 14.0. The summed E-state index contributed by atoms with van der Waals surface area (Å²) in [4.78, 5) is 4.13. The number of nitrogens with zero attached hydrogens (tertiary/aromatic N) is 2. The lowest BCUT2D eigenvalue weighted by atomic mass is 9.71. The molecule has 1 saturated carbocycles. The van der Waals surface area contributed by atoms with Crippen LogP contribution in [0.1, 0.15) is 45.6 Å². The third-order valence-electron chi connectivity index (χ3n) is 6.25. The molecule has 0 spiro atoms. The Labute approximate surface area is 190 Å². The fourth-order valence-electron chi connectivity index (χ4n) is 5.05. The van der Waals surface area contributed by atoms with Crippen LogP contribution < -0.4 is 17.3 Å². The molecule has 31 heavy (non-hydrogen) atoms. The Morgan fingerprint density at radius 3 is 2.45 bits per heavy atom. The number of alkyl halides is 3. The molecule has 1 aromatic rings. The van der Waals surface area contributed by atoms with Crippen LogP contribution in [0.2, 0.25) is 0 Å². The lowest BCUT2D eigenvalue weighted by Gasteiger charge is -2.39. The van der Waals surface area contributed by atoms with Gasteiger partial charge in [-0.1, -0.05) is 26.8 Å². The topological polar surface area (TPSA) is 35.9 Å². The zero-order valence-electron chi connectivity index (χ0n) is 18.7. The quantitative estimate of drug-likeness (QED) is 0.692. The summed E-state index contributed by atoms with van der Waals surface area (Å²) in [5.74, 6) is 0.639. The predicted molar refractivity (Wildman–Crippen MR) is 113 cm³/mol. The van der Waals surface area contributed by atoms with Crippen LogP contribution in [0.3, 0.4) is 0 Å². The van der Waals surface area contributed by atoms with Gasteiger partial charge in [-0.15, -0.1) is 0 Å². The molecule has 4 nitrogen and oxygen atoms in total. The minimum absolute atomic E-state index is 0. The first-order valence-corrected chi connectivity index (χ1v) is 11.0. The Morgan fingerprint density at radius 2 is 1.84 bits per heavy atom. The predicted octanol–water partition coefficient (Wildman–Crippen LogP) is 1.42. The molecule has 1 saturated heterocycles. The van der Waals surface area contributed by atoms with Gasteiger partial charge in [0, 0.05) is 38.4 Å². The van der Waals surface area contributed by atoms with E-state index in [1.807, 2.05) is 4.90 Å². The van der Waals surface area contributed by atoms with Gasteiger partial charge in [0.25, 0.3) is 0 Å². The van der Waals surface area contributed by atoms with E-state index in [9.17, 15) is 18.3 Å². The highest BCUT2D eigenvalue weighted by Crippen LogP contribution is 2.39. The Balaban J connectivity index is 0.00000341. The van der Waals surface area contributed by atoms with Gasteiger partial charge in [0.05, 0.1) is 24.4 Å². The van der Waals surface area contributed by atoms with E-state index in [0.29, 0.717) is 50.9 Å². The lowest BCUT2D eigenvalue weighted by molar-refractivity contribution is -0.137. The molecule has 178 valence electrons. The van der Waals surface area contributed by atoms with Crippen LogP contribution in [0.5, 0.6) is 0 Å². The van der Waals surface area contributed by atoms with E-state index >= 15 is 0 Å². The summed E-state index contributed by atoms with van der Waals surface area (Å²) in [6, 6.07) is 5.49. The minimum atomic E-state index is -4.33. The second kappa shape index (κ2) is 10.7. The number of piperazine rings is 1. The maximum absolute atomic E-state index is 12.9. The van der Waals surface area contributed by atoms with Crippen molar-refractivity contribution in [1.29, 1.82) is 0 Å². The van der Waals surface area contributed by atoms with Crippen molar-refractivity contribution in [1.82, 2.24) is 4.90 Å². The van der Waals surface area contributed by atoms with Gasteiger partial charge in [-0.3, -0.25) is 4.90 Å². The lowest BCUT2D eigenvalue weighted by Crippen LogP contribution is -3.00. The molecule has 3 unspecified atom stereocenters. The summed E-state index contributed by atoms with van der Waals surface area (Å²) in [6.45, 7) is 10.4. The van der Waals surface area contributed by atoms with Crippen LogP contribution in [0.4, 0.5) is 18.9 Å². The fourth-order valence-corrected chi connectivity index (χ4v) is 5.05. The van der Waals surface area contributed by atoms with Gasteiger partial charge in [0.15, 0.2) is 0 Å². The molecule has 2 fully saturated rings. The molecule has 0 amide bonds. The number of halogens is 4. The van der Waals surface area contributed by atoms with Crippen molar-refractivity contribution in [2.24, 2.45) is 11.3 Å². The second-order valence-electron chi connectivity index (χ2n) is 9.86. The van der Waals surface area contributed by atoms with Crippen LogP contribution in [-0.2, 0) is 10.9 Å². The standard InChI is InChI=1S/C23H35F3N2O2.ClH/c1-17-11-21(14-22(2,3)13-17)30-16-20(29)15-27-7-9-28(10-8-27)19-6-4-5-18(12-19)23(24,25)26;/h4-6,12,17,20-21,29H,7-11,13-16H2,1-3H3;1H/p-1. The normalized spacial score (nSPS) is 25.7. The highest BCUT2D eigenvalue weighted by Gasteiger charge is 2.33. The van der Waals surface area contributed by atoms with Crippen molar-refractivity contribution in [3.05, 3.63) is 29.8 Å². The van der Waals surface area contributed by atoms with Crippen molar-refractivity contribution < 1.29 is 35.4 Å². The van der Waals surface area contributed by atoms with Crippen molar-refractivity contribution in [2.45, 2.75) is 58.4 Å². The summed E-state index contributed by atoms with van der Waals surface area (Å²) in [7, 11) is 0. The van der Waals surface area contributed by atoms with Gasteiger partial charge >= 0.3 is 6.18 Å². The number of aliphatic hydroxyl groups excluding tert-OH is 1. The SMILES string of the molecule is CC1CC(OCC(O)CN2CCN(c3cccc(C(F)(F)F)c3)CC2)CC(C)(C)C1.[Cl-]. The maximum atomic E-state index is 12.9. The summed E-state index contributed by atoms with van der Waals surface area (Å²) in [5, 5.41) is 10.4. The number of aliphatic hydroxyl groups is 1. The first-order valence-electron chi connectivity index (χ1n) is 11.0. The van der Waals surface area contributed by atoms with E-state index < -0.39 is 17.8 Å². The summed E-state index contributed by atoms with van der Waals surface area (Å²) in [6.07, 6.45) is -1.38. The van der Waals surface area contributed by atoms with E-state index in [0.717, 1.165) is 18.9 Å².